The second-order valence-electron chi connectivity index (χ2n) is 5.89. The Morgan fingerprint density at radius 1 is 1.22 bits per heavy atom. The number of hydrogen-bond acceptors (Lipinski definition) is 4. The largest absolute Gasteiger partial charge is 0.356 e. The van der Waals surface area contributed by atoms with Crippen LogP contribution in [-0.2, 0) is 9.59 Å². The highest BCUT2D eigenvalue weighted by molar-refractivity contribution is 9.10. The second-order valence-corrected chi connectivity index (χ2v) is 7.78. The van der Waals surface area contributed by atoms with Crippen molar-refractivity contribution in [1.82, 2.24) is 10.6 Å². The monoisotopic (exact) mass is 452 g/mol. The number of amides is 4. The highest BCUT2D eigenvalue weighted by atomic mass is 79.9. The van der Waals surface area contributed by atoms with Crippen molar-refractivity contribution in [2.24, 2.45) is 5.73 Å². The van der Waals surface area contributed by atoms with Crippen LogP contribution in [0.2, 0.25) is 0 Å². The Morgan fingerprint density at radius 3 is 2.67 bits per heavy atom. The number of urea groups is 1. The molecule has 0 aliphatic carbocycles. The van der Waals surface area contributed by atoms with Crippen LogP contribution in [0, 0.1) is 6.92 Å². The minimum atomic E-state index is -0.690. The summed E-state index contributed by atoms with van der Waals surface area (Å²) in [4.78, 5) is 36.2. The van der Waals surface area contributed by atoms with Gasteiger partial charge in [-0.1, -0.05) is 28.1 Å². The summed E-state index contributed by atoms with van der Waals surface area (Å²) in [6.07, 6.45) is 0.195. The number of rotatable bonds is 8. The van der Waals surface area contributed by atoms with Crippen molar-refractivity contribution in [2.75, 3.05) is 11.9 Å². The van der Waals surface area contributed by atoms with Crippen molar-refractivity contribution in [3.63, 3.8) is 0 Å². The number of nitrogens with two attached hydrogens (primary N) is 1. The first kappa shape index (κ1) is 20.9. The molecule has 0 spiro atoms. The van der Waals surface area contributed by atoms with Crippen LogP contribution in [0.1, 0.15) is 29.3 Å². The molecule has 2 rings (SSSR count). The molecule has 0 saturated heterocycles. The molecule has 0 aliphatic rings. The molecule has 1 aromatic heterocycles. The first-order chi connectivity index (χ1) is 12.8. The summed E-state index contributed by atoms with van der Waals surface area (Å²) in [5.74, 6) is -0.463. The summed E-state index contributed by atoms with van der Waals surface area (Å²) in [5, 5.41) is 9.94. The first-order valence-electron chi connectivity index (χ1n) is 8.27. The van der Waals surface area contributed by atoms with Gasteiger partial charge in [-0.25, -0.2) is 4.79 Å². The van der Waals surface area contributed by atoms with Gasteiger partial charge in [-0.15, -0.1) is 11.3 Å². The zero-order valence-corrected chi connectivity index (χ0v) is 17.2. The molecule has 9 heteroatoms. The maximum absolute atomic E-state index is 12.1. The molecule has 1 unspecified atom stereocenters. The fourth-order valence-electron chi connectivity index (χ4n) is 2.40. The third-order valence-electron chi connectivity index (χ3n) is 3.74. The van der Waals surface area contributed by atoms with E-state index in [4.69, 9.17) is 5.73 Å². The van der Waals surface area contributed by atoms with E-state index >= 15 is 0 Å². The standard InChI is InChI=1S/C18H21BrN4O3S/c1-11-4-5-12(19)9-13(11)22-16(24)6-7-21-17(25)10-14(23-18(20)26)15-3-2-8-27-15/h2-5,8-9,14H,6-7,10H2,1H3,(H,21,25)(H,22,24)(H3,20,23,26). The number of aryl methyl sites for hydroxylation is 1. The van der Waals surface area contributed by atoms with Crippen LogP contribution in [0.3, 0.4) is 0 Å². The minimum absolute atomic E-state index is 0.0514. The van der Waals surface area contributed by atoms with Gasteiger partial charge in [0, 0.05) is 28.0 Å². The summed E-state index contributed by atoms with van der Waals surface area (Å²) in [5.41, 5.74) is 6.85. The lowest BCUT2D eigenvalue weighted by molar-refractivity contribution is -0.121. The van der Waals surface area contributed by atoms with Gasteiger partial charge in [0.15, 0.2) is 0 Å². The Balaban J connectivity index is 1.80. The smallest absolute Gasteiger partial charge is 0.312 e. The topological polar surface area (TPSA) is 113 Å². The van der Waals surface area contributed by atoms with Gasteiger partial charge in [0.05, 0.1) is 12.5 Å². The Labute approximate surface area is 169 Å². The molecule has 1 atom stereocenters. The molecule has 5 N–H and O–H groups in total. The lowest BCUT2D eigenvalue weighted by Gasteiger charge is -2.16. The average Bonchev–Trinajstić information content (AvgIpc) is 3.11. The molecule has 7 nitrogen and oxygen atoms in total. The molecule has 1 heterocycles. The molecular formula is C18H21BrN4O3S. The van der Waals surface area contributed by atoms with E-state index in [2.05, 4.69) is 31.9 Å². The summed E-state index contributed by atoms with van der Waals surface area (Å²) in [6.45, 7) is 2.10. The zero-order chi connectivity index (χ0) is 19.8. The molecule has 0 fully saturated rings. The van der Waals surface area contributed by atoms with Crippen LogP contribution in [0.15, 0.2) is 40.2 Å². The number of halogens is 1. The molecule has 0 bridgehead atoms. The van der Waals surface area contributed by atoms with Crippen molar-refractivity contribution < 1.29 is 14.4 Å². The quantitative estimate of drug-likeness (QED) is 0.493. The van der Waals surface area contributed by atoms with E-state index in [1.807, 2.05) is 42.6 Å². The van der Waals surface area contributed by atoms with Gasteiger partial charge in [-0.05, 0) is 36.1 Å². The predicted octanol–water partition coefficient (Wildman–Crippen LogP) is 3.06. The zero-order valence-electron chi connectivity index (χ0n) is 14.8. The van der Waals surface area contributed by atoms with Gasteiger partial charge in [-0.3, -0.25) is 9.59 Å². The molecule has 0 aliphatic heterocycles. The molecule has 27 heavy (non-hydrogen) atoms. The van der Waals surface area contributed by atoms with Crippen molar-refractivity contribution in [3.8, 4) is 0 Å². The molecule has 1 aromatic carbocycles. The molecular weight excluding hydrogens is 432 g/mol. The van der Waals surface area contributed by atoms with Crippen LogP contribution < -0.4 is 21.7 Å². The summed E-state index contributed by atoms with van der Waals surface area (Å²) in [7, 11) is 0. The highest BCUT2D eigenvalue weighted by Crippen LogP contribution is 2.22. The van der Waals surface area contributed by atoms with E-state index in [1.54, 1.807) is 0 Å². The van der Waals surface area contributed by atoms with Gasteiger partial charge in [-0.2, -0.15) is 0 Å². The second kappa shape index (κ2) is 10.1. The molecule has 4 amide bonds. The van der Waals surface area contributed by atoms with Crippen molar-refractivity contribution in [3.05, 3.63) is 50.6 Å². The van der Waals surface area contributed by atoms with Crippen LogP contribution in [0.4, 0.5) is 10.5 Å². The van der Waals surface area contributed by atoms with E-state index < -0.39 is 12.1 Å². The fourth-order valence-corrected chi connectivity index (χ4v) is 3.54. The Hall–Kier alpha value is -2.39. The molecule has 2 aromatic rings. The van der Waals surface area contributed by atoms with Crippen LogP contribution in [0.5, 0.6) is 0 Å². The van der Waals surface area contributed by atoms with Crippen molar-refractivity contribution in [1.29, 1.82) is 0 Å². The average molecular weight is 453 g/mol. The maximum atomic E-state index is 12.1. The first-order valence-corrected chi connectivity index (χ1v) is 9.94. The molecule has 0 radical (unpaired) electrons. The van der Waals surface area contributed by atoms with Crippen LogP contribution in [0.25, 0.3) is 0 Å². The van der Waals surface area contributed by atoms with E-state index in [0.29, 0.717) is 0 Å². The Morgan fingerprint density at radius 2 is 2.00 bits per heavy atom. The van der Waals surface area contributed by atoms with E-state index in [1.165, 1.54) is 11.3 Å². The predicted molar refractivity (Wildman–Crippen MR) is 110 cm³/mol. The summed E-state index contributed by atoms with van der Waals surface area (Å²) >= 11 is 4.80. The van der Waals surface area contributed by atoms with Gasteiger partial charge in [0.2, 0.25) is 11.8 Å². The maximum Gasteiger partial charge on any atom is 0.312 e. The third kappa shape index (κ3) is 7.03. The van der Waals surface area contributed by atoms with Crippen molar-refractivity contribution in [2.45, 2.75) is 25.8 Å². The summed E-state index contributed by atoms with van der Waals surface area (Å²) < 4.78 is 0.873. The molecule has 144 valence electrons. The number of anilines is 1. The van der Waals surface area contributed by atoms with E-state index in [0.717, 1.165) is 20.6 Å². The lowest BCUT2D eigenvalue weighted by atomic mass is 10.1. The van der Waals surface area contributed by atoms with Crippen LogP contribution >= 0.6 is 27.3 Å². The van der Waals surface area contributed by atoms with E-state index in [9.17, 15) is 14.4 Å². The van der Waals surface area contributed by atoms with Crippen molar-refractivity contribution >= 4 is 50.8 Å². The fraction of sp³-hybridized carbons (Fsp3) is 0.278. The number of primary amides is 1. The number of carbonyl (C=O) groups excluding carboxylic acids is 3. The number of benzene rings is 1. The van der Waals surface area contributed by atoms with Gasteiger partial charge in [0.25, 0.3) is 0 Å². The Kier molecular flexibility index (Phi) is 7.81. The normalized spacial score (nSPS) is 11.5. The lowest BCUT2D eigenvalue weighted by Crippen LogP contribution is -2.36. The number of nitrogens with one attached hydrogen (secondary N) is 3. The molecule has 0 saturated carbocycles. The number of thiophene rings is 1. The van der Waals surface area contributed by atoms with E-state index in [-0.39, 0.29) is 31.2 Å². The minimum Gasteiger partial charge on any atom is -0.356 e. The summed E-state index contributed by atoms with van der Waals surface area (Å²) in [6, 6.07) is 8.11. The van der Waals surface area contributed by atoms with Gasteiger partial charge in [0.1, 0.15) is 0 Å². The highest BCUT2D eigenvalue weighted by Gasteiger charge is 2.18. The SMILES string of the molecule is Cc1ccc(Br)cc1NC(=O)CCNC(=O)CC(NC(N)=O)c1cccs1. The Bertz CT molecular complexity index is 811. The van der Waals surface area contributed by atoms with Gasteiger partial charge >= 0.3 is 6.03 Å². The van der Waals surface area contributed by atoms with Crippen LogP contribution in [-0.4, -0.2) is 24.4 Å². The third-order valence-corrected chi connectivity index (χ3v) is 5.22. The number of hydrogen-bond donors (Lipinski definition) is 4. The van der Waals surface area contributed by atoms with Gasteiger partial charge < -0.3 is 21.7 Å². The number of carbonyl (C=O) groups is 3.